The quantitative estimate of drug-likeness (QED) is 0.228. The lowest BCUT2D eigenvalue weighted by Gasteiger charge is -2.57. The van der Waals surface area contributed by atoms with E-state index in [4.69, 9.17) is 19.2 Å². The number of rotatable bonds is 7. The molecule has 7 nitrogen and oxygen atoms in total. The van der Waals surface area contributed by atoms with E-state index in [-0.39, 0.29) is 17.4 Å². The molecule has 4 aliphatic rings. The fourth-order valence-corrected chi connectivity index (χ4v) is 6.27. The zero-order valence-corrected chi connectivity index (χ0v) is 19.4. The summed E-state index contributed by atoms with van der Waals surface area (Å²) in [6, 6.07) is 7.84. The predicted octanol–water partition coefficient (Wildman–Crippen LogP) is 3.83. The van der Waals surface area contributed by atoms with Crippen LogP contribution in [0, 0.1) is 34.6 Å². The third-order valence-electron chi connectivity index (χ3n) is 7.62. The number of carbonyl (C=O) groups excluding carboxylic acids is 1. The number of ether oxygens (including phenoxy) is 3. The SMILES string of the molecule is COC(=O)C12CC3CC(C1)C(N=C(NC#N)C(C)(C)OCc1ccc(OC)cc1)C(C3)C2. The fourth-order valence-electron chi connectivity index (χ4n) is 6.27. The molecular weight excluding hydrogens is 406 g/mol. The van der Waals surface area contributed by atoms with Crippen molar-refractivity contribution in [3.63, 3.8) is 0 Å². The number of nitrogens with one attached hydrogen (secondary N) is 1. The number of aliphatic imine (C=N–C) groups is 1. The number of benzene rings is 1. The Balaban J connectivity index is 1.51. The number of hydrogen-bond donors (Lipinski definition) is 1. The summed E-state index contributed by atoms with van der Waals surface area (Å²) < 4.78 is 16.6. The normalized spacial score (nSPS) is 31.2. The van der Waals surface area contributed by atoms with Crippen molar-refractivity contribution in [2.45, 2.75) is 64.2 Å². The van der Waals surface area contributed by atoms with Gasteiger partial charge in [0.05, 0.1) is 32.3 Å². The molecule has 0 aliphatic heterocycles. The third kappa shape index (κ3) is 4.21. The van der Waals surface area contributed by atoms with Crippen LogP contribution in [0.2, 0.25) is 0 Å². The number of nitrogens with zero attached hydrogens (tertiary/aromatic N) is 2. The molecule has 4 bridgehead atoms. The second-order valence-corrected chi connectivity index (χ2v) is 10.1. The molecule has 0 aromatic heterocycles. The van der Waals surface area contributed by atoms with Crippen LogP contribution in [0.4, 0.5) is 0 Å². The standard InChI is InChI=1S/C25H33N3O4/c1-24(2,32-14-16-5-7-20(30-3)8-6-16)22(27-15-26)28-21-18-9-17-10-19(21)13-25(11-17,12-18)23(29)31-4/h5-8,17-19,21H,9-14H2,1-4H3,(H,27,28). The minimum Gasteiger partial charge on any atom is -0.497 e. The van der Waals surface area contributed by atoms with Crippen LogP contribution in [0.1, 0.15) is 51.5 Å². The molecule has 4 fully saturated rings. The van der Waals surface area contributed by atoms with Crippen molar-refractivity contribution in [2.24, 2.45) is 28.2 Å². The van der Waals surface area contributed by atoms with Gasteiger partial charge in [-0.3, -0.25) is 15.1 Å². The van der Waals surface area contributed by atoms with E-state index < -0.39 is 5.60 Å². The van der Waals surface area contributed by atoms with E-state index in [0.29, 0.717) is 30.2 Å². The first-order valence-electron chi connectivity index (χ1n) is 11.4. The van der Waals surface area contributed by atoms with E-state index >= 15 is 0 Å². The van der Waals surface area contributed by atoms with Gasteiger partial charge in [0.1, 0.15) is 17.2 Å². The molecule has 2 atom stereocenters. The molecule has 0 saturated heterocycles. The molecular formula is C25H33N3O4. The number of esters is 1. The molecule has 0 radical (unpaired) electrons. The number of methoxy groups -OCH3 is 2. The summed E-state index contributed by atoms with van der Waals surface area (Å²) in [6.45, 7) is 4.27. The summed E-state index contributed by atoms with van der Waals surface area (Å²) in [5, 5.41) is 12.2. The van der Waals surface area contributed by atoms with E-state index in [0.717, 1.165) is 43.4 Å². The summed E-state index contributed by atoms with van der Waals surface area (Å²) in [5.41, 5.74) is -0.0741. The highest BCUT2D eigenvalue weighted by atomic mass is 16.5. The van der Waals surface area contributed by atoms with Gasteiger partial charge in [0, 0.05) is 0 Å². The van der Waals surface area contributed by atoms with Crippen LogP contribution in [-0.2, 0) is 20.9 Å². The summed E-state index contributed by atoms with van der Waals surface area (Å²) in [4.78, 5) is 17.7. The zero-order valence-electron chi connectivity index (χ0n) is 19.4. The van der Waals surface area contributed by atoms with Gasteiger partial charge >= 0.3 is 5.97 Å². The fraction of sp³-hybridized carbons (Fsp3) is 0.640. The summed E-state index contributed by atoms with van der Waals surface area (Å²) in [7, 11) is 3.14. The van der Waals surface area contributed by atoms with Gasteiger partial charge in [-0.25, -0.2) is 0 Å². The molecule has 32 heavy (non-hydrogen) atoms. The zero-order chi connectivity index (χ0) is 22.9. The maximum absolute atomic E-state index is 12.6. The molecule has 4 aliphatic carbocycles. The van der Waals surface area contributed by atoms with Gasteiger partial charge in [-0.05, 0) is 81.4 Å². The Morgan fingerprint density at radius 3 is 2.41 bits per heavy atom. The van der Waals surface area contributed by atoms with Crippen LogP contribution < -0.4 is 10.1 Å². The second-order valence-electron chi connectivity index (χ2n) is 10.1. The number of carbonyl (C=O) groups is 1. The molecule has 172 valence electrons. The van der Waals surface area contributed by atoms with Gasteiger partial charge in [0.2, 0.25) is 0 Å². The summed E-state index contributed by atoms with van der Waals surface area (Å²) in [6.07, 6.45) is 6.83. The maximum Gasteiger partial charge on any atom is 0.311 e. The number of amidine groups is 1. The lowest BCUT2D eigenvalue weighted by Crippen LogP contribution is -2.57. The second kappa shape index (κ2) is 8.74. The number of hydrogen-bond acceptors (Lipinski definition) is 6. The average Bonchev–Trinajstić information content (AvgIpc) is 2.78. The highest BCUT2D eigenvalue weighted by Crippen LogP contribution is 2.61. The Bertz CT molecular complexity index is 902. The molecule has 2 unspecified atom stereocenters. The van der Waals surface area contributed by atoms with Gasteiger partial charge in [-0.2, -0.15) is 5.26 Å². The van der Waals surface area contributed by atoms with Crippen LogP contribution >= 0.6 is 0 Å². The van der Waals surface area contributed by atoms with Crippen LogP contribution in [0.15, 0.2) is 29.3 Å². The highest BCUT2D eigenvalue weighted by molar-refractivity contribution is 5.91. The van der Waals surface area contributed by atoms with Crippen molar-refractivity contribution in [3.05, 3.63) is 29.8 Å². The molecule has 0 spiro atoms. The monoisotopic (exact) mass is 439 g/mol. The van der Waals surface area contributed by atoms with E-state index in [1.54, 1.807) is 7.11 Å². The molecule has 4 saturated carbocycles. The van der Waals surface area contributed by atoms with Crippen molar-refractivity contribution < 1.29 is 19.0 Å². The van der Waals surface area contributed by atoms with Crippen molar-refractivity contribution in [2.75, 3.05) is 14.2 Å². The molecule has 1 aromatic rings. The Morgan fingerprint density at radius 1 is 1.19 bits per heavy atom. The first-order valence-corrected chi connectivity index (χ1v) is 11.4. The molecule has 0 amide bonds. The molecule has 1 aromatic carbocycles. The van der Waals surface area contributed by atoms with Gasteiger partial charge in [-0.1, -0.05) is 12.1 Å². The van der Waals surface area contributed by atoms with Crippen LogP contribution in [0.3, 0.4) is 0 Å². The van der Waals surface area contributed by atoms with Crippen molar-refractivity contribution >= 4 is 11.8 Å². The molecule has 0 heterocycles. The highest BCUT2D eigenvalue weighted by Gasteiger charge is 2.59. The minimum absolute atomic E-state index is 0.0575. The maximum atomic E-state index is 12.6. The largest absolute Gasteiger partial charge is 0.497 e. The van der Waals surface area contributed by atoms with E-state index in [9.17, 15) is 10.1 Å². The van der Waals surface area contributed by atoms with E-state index in [2.05, 4.69) is 5.32 Å². The van der Waals surface area contributed by atoms with Crippen molar-refractivity contribution in [3.8, 4) is 11.9 Å². The lowest BCUT2D eigenvalue weighted by atomic mass is 9.48. The van der Waals surface area contributed by atoms with Gasteiger partial charge < -0.3 is 14.2 Å². The Labute approximate surface area is 190 Å². The summed E-state index contributed by atoms with van der Waals surface area (Å²) in [5.74, 6) is 2.55. The van der Waals surface area contributed by atoms with Gasteiger partial charge in [-0.15, -0.1) is 0 Å². The lowest BCUT2D eigenvalue weighted by molar-refractivity contribution is -0.169. The molecule has 7 heteroatoms. The smallest absolute Gasteiger partial charge is 0.311 e. The van der Waals surface area contributed by atoms with Crippen molar-refractivity contribution in [1.29, 1.82) is 5.26 Å². The predicted molar refractivity (Wildman–Crippen MR) is 120 cm³/mol. The van der Waals surface area contributed by atoms with Crippen LogP contribution in [0.5, 0.6) is 5.75 Å². The topological polar surface area (TPSA) is 92.9 Å². The molecule has 1 N–H and O–H groups in total. The van der Waals surface area contributed by atoms with Crippen LogP contribution in [-0.4, -0.2) is 37.7 Å². The molecule has 5 rings (SSSR count). The third-order valence-corrected chi connectivity index (χ3v) is 7.62. The van der Waals surface area contributed by atoms with Gasteiger partial charge in [0.15, 0.2) is 6.19 Å². The number of nitriles is 1. The van der Waals surface area contributed by atoms with Crippen LogP contribution in [0.25, 0.3) is 0 Å². The summed E-state index contributed by atoms with van der Waals surface area (Å²) >= 11 is 0. The Morgan fingerprint density at radius 2 is 1.84 bits per heavy atom. The first-order chi connectivity index (χ1) is 15.3. The Kier molecular flexibility index (Phi) is 6.17. The van der Waals surface area contributed by atoms with E-state index in [1.165, 1.54) is 7.11 Å². The Hall–Kier alpha value is -2.59. The van der Waals surface area contributed by atoms with E-state index in [1.807, 2.05) is 44.3 Å². The average molecular weight is 440 g/mol. The minimum atomic E-state index is -0.760. The van der Waals surface area contributed by atoms with Gasteiger partial charge in [0.25, 0.3) is 0 Å². The first kappa shape index (κ1) is 22.6. The van der Waals surface area contributed by atoms with Crippen molar-refractivity contribution in [1.82, 2.24) is 5.32 Å².